The first kappa shape index (κ1) is 28.2. The summed E-state index contributed by atoms with van der Waals surface area (Å²) in [6.07, 6.45) is 13.7. The highest BCUT2D eigenvalue weighted by atomic mass is 16.5. The van der Waals surface area contributed by atoms with Crippen molar-refractivity contribution >= 4 is 11.9 Å². The van der Waals surface area contributed by atoms with Crippen LogP contribution in [0.25, 0.3) is 0 Å². The first-order valence-electron chi connectivity index (χ1n) is 12.6. The van der Waals surface area contributed by atoms with E-state index in [1.807, 2.05) is 30.3 Å². The fourth-order valence-corrected chi connectivity index (χ4v) is 3.95. The summed E-state index contributed by atoms with van der Waals surface area (Å²) in [5.41, 5.74) is 1.10. The number of benzene rings is 1. The predicted octanol–water partition coefficient (Wildman–Crippen LogP) is 7.07. The van der Waals surface area contributed by atoms with Gasteiger partial charge in [-0.15, -0.1) is 0 Å². The summed E-state index contributed by atoms with van der Waals surface area (Å²) >= 11 is 0. The van der Waals surface area contributed by atoms with Gasteiger partial charge < -0.3 is 14.6 Å². The Labute approximate surface area is 194 Å². The number of hydrogen-bond acceptors (Lipinski definition) is 4. The van der Waals surface area contributed by atoms with Crippen LogP contribution in [0.1, 0.15) is 109 Å². The molecule has 1 N–H and O–H groups in total. The van der Waals surface area contributed by atoms with Crippen molar-refractivity contribution in [1.29, 1.82) is 0 Å². The van der Waals surface area contributed by atoms with Gasteiger partial charge in [-0.25, -0.2) is 0 Å². The van der Waals surface area contributed by atoms with Crippen molar-refractivity contribution < 1.29 is 24.2 Å². The Kier molecular flexibility index (Phi) is 16.4. The van der Waals surface area contributed by atoms with Crippen molar-refractivity contribution in [1.82, 2.24) is 0 Å². The normalized spacial score (nSPS) is 12.9. The molecule has 5 heteroatoms. The van der Waals surface area contributed by atoms with Crippen LogP contribution in [0.4, 0.5) is 0 Å². The molecule has 0 aliphatic carbocycles. The number of esters is 1. The van der Waals surface area contributed by atoms with E-state index in [0.717, 1.165) is 31.2 Å². The van der Waals surface area contributed by atoms with Gasteiger partial charge in [-0.2, -0.15) is 0 Å². The first-order valence-corrected chi connectivity index (χ1v) is 12.6. The second kappa shape index (κ2) is 18.7. The molecule has 32 heavy (non-hydrogen) atoms. The van der Waals surface area contributed by atoms with Gasteiger partial charge in [0, 0.05) is 13.3 Å². The van der Waals surface area contributed by atoms with Crippen LogP contribution in [0, 0.1) is 0 Å². The third kappa shape index (κ3) is 15.9. The van der Waals surface area contributed by atoms with Gasteiger partial charge in [-0.3, -0.25) is 9.59 Å². The SMILES string of the molecule is CCCCCCCCCCC(CCC(CCCC(=O)O)OCc1ccccc1)OC(C)=O. The Bertz CT molecular complexity index is 601. The van der Waals surface area contributed by atoms with Gasteiger partial charge in [0.05, 0.1) is 12.7 Å². The Morgan fingerprint density at radius 3 is 2.03 bits per heavy atom. The number of unbranched alkanes of at least 4 members (excludes halogenated alkanes) is 7. The summed E-state index contributed by atoms with van der Waals surface area (Å²) in [6.45, 7) is 4.21. The molecule has 0 aliphatic rings. The summed E-state index contributed by atoms with van der Waals surface area (Å²) in [7, 11) is 0. The average Bonchev–Trinajstić information content (AvgIpc) is 2.76. The minimum Gasteiger partial charge on any atom is -0.481 e. The molecule has 5 nitrogen and oxygen atoms in total. The van der Waals surface area contributed by atoms with E-state index in [4.69, 9.17) is 14.6 Å². The van der Waals surface area contributed by atoms with E-state index in [9.17, 15) is 9.59 Å². The minimum atomic E-state index is -0.778. The molecule has 0 heterocycles. The van der Waals surface area contributed by atoms with Crippen LogP contribution in [-0.4, -0.2) is 29.3 Å². The molecular formula is C27H44O5. The number of aliphatic carboxylic acids is 1. The first-order chi connectivity index (χ1) is 15.5. The van der Waals surface area contributed by atoms with Crippen LogP contribution in [-0.2, 0) is 25.7 Å². The maximum atomic E-state index is 11.6. The lowest BCUT2D eigenvalue weighted by atomic mass is 10.00. The molecule has 0 amide bonds. The van der Waals surface area contributed by atoms with Crippen LogP contribution >= 0.6 is 0 Å². The second-order valence-corrected chi connectivity index (χ2v) is 8.78. The number of carbonyl (C=O) groups is 2. The predicted molar refractivity (Wildman–Crippen MR) is 129 cm³/mol. The molecular weight excluding hydrogens is 404 g/mol. The smallest absolute Gasteiger partial charge is 0.303 e. The van der Waals surface area contributed by atoms with E-state index in [2.05, 4.69) is 6.92 Å². The van der Waals surface area contributed by atoms with Crippen molar-refractivity contribution in [2.75, 3.05) is 0 Å². The third-order valence-corrected chi connectivity index (χ3v) is 5.77. The molecule has 0 spiro atoms. The van der Waals surface area contributed by atoms with Crippen molar-refractivity contribution in [3.05, 3.63) is 35.9 Å². The standard InChI is InChI=1S/C27H44O5/c1-3-4-5-6-7-8-9-13-17-26(32-23(2)28)21-20-25(18-14-19-27(29)30)31-22-24-15-11-10-12-16-24/h10-12,15-16,25-26H,3-9,13-14,17-22H2,1-2H3,(H,29,30). The van der Waals surface area contributed by atoms with Crippen molar-refractivity contribution in [2.45, 2.75) is 123 Å². The molecule has 0 radical (unpaired) electrons. The van der Waals surface area contributed by atoms with Gasteiger partial charge in [0.25, 0.3) is 0 Å². The molecule has 1 aromatic rings. The van der Waals surface area contributed by atoms with E-state index < -0.39 is 5.97 Å². The van der Waals surface area contributed by atoms with Gasteiger partial charge in [0.2, 0.25) is 0 Å². The minimum absolute atomic E-state index is 0.0359. The lowest BCUT2D eigenvalue weighted by Gasteiger charge is -2.22. The topological polar surface area (TPSA) is 72.8 Å². The van der Waals surface area contributed by atoms with E-state index in [1.165, 1.54) is 51.9 Å². The number of carboxylic acids is 1. The van der Waals surface area contributed by atoms with Gasteiger partial charge in [0.15, 0.2) is 0 Å². The van der Waals surface area contributed by atoms with Gasteiger partial charge in [0.1, 0.15) is 6.10 Å². The number of hydrogen-bond donors (Lipinski definition) is 1. The van der Waals surface area contributed by atoms with Crippen molar-refractivity contribution in [3.8, 4) is 0 Å². The molecule has 182 valence electrons. The molecule has 0 aromatic heterocycles. The molecule has 2 atom stereocenters. The van der Waals surface area contributed by atoms with E-state index in [0.29, 0.717) is 19.4 Å². The van der Waals surface area contributed by atoms with Crippen LogP contribution in [0.5, 0.6) is 0 Å². The fraction of sp³-hybridized carbons (Fsp3) is 0.704. The molecule has 0 saturated heterocycles. The zero-order chi connectivity index (χ0) is 23.4. The zero-order valence-electron chi connectivity index (χ0n) is 20.2. The number of rotatable bonds is 20. The quantitative estimate of drug-likeness (QED) is 0.171. The van der Waals surface area contributed by atoms with Crippen LogP contribution < -0.4 is 0 Å². The highest BCUT2D eigenvalue weighted by molar-refractivity contribution is 5.66. The summed E-state index contributed by atoms with van der Waals surface area (Å²) in [6, 6.07) is 10.00. The largest absolute Gasteiger partial charge is 0.481 e. The van der Waals surface area contributed by atoms with Gasteiger partial charge in [-0.1, -0.05) is 82.2 Å². The van der Waals surface area contributed by atoms with Gasteiger partial charge >= 0.3 is 11.9 Å². The van der Waals surface area contributed by atoms with E-state index in [-0.39, 0.29) is 24.6 Å². The molecule has 2 unspecified atom stereocenters. The summed E-state index contributed by atoms with van der Waals surface area (Å²) in [4.78, 5) is 22.5. The van der Waals surface area contributed by atoms with Gasteiger partial charge in [-0.05, 0) is 44.1 Å². The molecule has 1 rings (SSSR count). The summed E-state index contributed by atoms with van der Waals surface area (Å²) in [5, 5.41) is 8.95. The highest BCUT2D eigenvalue weighted by Gasteiger charge is 2.17. The van der Waals surface area contributed by atoms with Crippen molar-refractivity contribution in [2.24, 2.45) is 0 Å². The van der Waals surface area contributed by atoms with Crippen LogP contribution in [0.2, 0.25) is 0 Å². The maximum Gasteiger partial charge on any atom is 0.303 e. The lowest BCUT2D eigenvalue weighted by molar-refractivity contribution is -0.147. The molecule has 0 saturated carbocycles. The fourth-order valence-electron chi connectivity index (χ4n) is 3.95. The monoisotopic (exact) mass is 448 g/mol. The van der Waals surface area contributed by atoms with Crippen LogP contribution in [0.3, 0.4) is 0 Å². The number of ether oxygens (including phenoxy) is 2. The molecule has 0 aliphatic heterocycles. The average molecular weight is 449 g/mol. The third-order valence-electron chi connectivity index (χ3n) is 5.77. The maximum absolute atomic E-state index is 11.6. The van der Waals surface area contributed by atoms with E-state index in [1.54, 1.807) is 0 Å². The van der Waals surface area contributed by atoms with Crippen molar-refractivity contribution in [3.63, 3.8) is 0 Å². The Morgan fingerprint density at radius 1 is 0.812 bits per heavy atom. The highest BCUT2D eigenvalue weighted by Crippen LogP contribution is 2.20. The second-order valence-electron chi connectivity index (χ2n) is 8.78. The molecule has 1 aromatic carbocycles. The Hall–Kier alpha value is -1.88. The molecule has 0 fully saturated rings. The summed E-state index contributed by atoms with van der Waals surface area (Å²) in [5.74, 6) is -1.01. The molecule has 0 bridgehead atoms. The van der Waals surface area contributed by atoms with E-state index >= 15 is 0 Å². The number of carboxylic acid groups (broad SMARTS) is 1. The Balaban J connectivity index is 2.43. The summed E-state index contributed by atoms with van der Waals surface area (Å²) < 4.78 is 11.7. The zero-order valence-corrected chi connectivity index (χ0v) is 20.2. The number of carbonyl (C=O) groups excluding carboxylic acids is 1. The van der Waals surface area contributed by atoms with Crippen LogP contribution in [0.15, 0.2) is 30.3 Å². The lowest BCUT2D eigenvalue weighted by Crippen LogP contribution is -2.21. The Morgan fingerprint density at radius 2 is 1.41 bits per heavy atom.